The minimum atomic E-state index is -0.195. The molecule has 108 valence electrons. The molecule has 0 fully saturated rings. The number of H-pyrrole nitrogens is 1. The van der Waals surface area contributed by atoms with Crippen LogP contribution in [-0.4, -0.2) is 33.9 Å². The van der Waals surface area contributed by atoms with Crippen molar-refractivity contribution in [3.05, 3.63) is 47.8 Å². The van der Waals surface area contributed by atoms with Gasteiger partial charge in [0.25, 0.3) is 0 Å². The van der Waals surface area contributed by atoms with Gasteiger partial charge in [0.1, 0.15) is 5.84 Å². The van der Waals surface area contributed by atoms with Gasteiger partial charge in [-0.2, -0.15) is 5.10 Å². The molecule has 0 atom stereocenters. The van der Waals surface area contributed by atoms with Crippen LogP contribution in [0.5, 0.6) is 0 Å². The van der Waals surface area contributed by atoms with Crippen molar-refractivity contribution in [1.29, 1.82) is 0 Å². The normalized spacial score (nSPS) is 11.2. The molecule has 0 aliphatic heterocycles. The number of aliphatic imine (C=N–C) groups is 2. The molecule has 0 aliphatic carbocycles. The van der Waals surface area contributed by atoms with Gasteiger partial charge in [-0.25, -0.2) is 9.98 Å². The quantitative estimate of drug-likeness (QED) is 0.643. The summed E-state index contributed by atoms with van der Waals surface area (Å²) in [4.78, 5) is 21.9. The number of nitrogens with zero attached hydrogens (tertiary/aromatic N) is 4. The summed E-state index contributed by atoms with van der Waals surface area (Å²) in [5, 5.41) is 7.26. The highest BCUT2D eigenvalue weighted by molar-refractivity contribution is 5.91. The Morgan fingerprint density at radius 2 is 2.43 bits per heavy atom. The summed E-state index contributed by atoms with van der Waals surface area (Å²) in [6.07, 6.45) is 6.63. The fourth-order valence-electron chi connectivity index (χ4n) is 1.84. The average molecular weight is 284 g/mol. The maximum absolute atomic E-state index is 11.5. The van der Waals surface area contributed by atoms with Crippen molar-refractivity contribution >= 4 is 18.2 Å². The lowest BCUT2D eigenvalue weighted by atomic mass is 10.1. The Morgan fingerprint density at radius 1 is 1.62 bits per heavy atom. The van der Waals surface area contributed by atoms with Gasteiger partial charge in [0.05, 0.1) is 12.7 Å². The molecular formula is C14H16N6O. The Morgan fingerprint density at radius 3 is 3.05 bits per heavy atom. The molecule has 0 aromatic carbocycles. The highest BCUT2D eigenvalue weighted by Gasteiger charge is 2.08. The van der Waals surface area contributed by atoms with Gasteiger partial charge in [0, 0.05) is 48.5 Å². The van der Waals surface area contributed by atoms with Crippen LogP contribution in [-0.2, 0) is 7.05 Å². The number of aromatic amines is 1. The fourth-order valence-corrected chi connectivity index (χ4v) is 1.84. The van der Waals surface area contributed by atoms with Crippen LogP contribution in [0.4, 0.5) is 5.69 Å². The Bertz CT molecular complexity index is 740. The first kappa shape index (κ1) is 14.4. The third-order valence-corrected chi connectivity index (χ3v) is 2.80. The van der Waals surface area contributed by atoms with Crippen molar-refractivity contribution in [2.45, 2.75) is 0 Å². The van der Waals surface area contributed by atoms with Gasteiger partial charge in [0.2, 0.25) is 5.56 Å². The van der Waals surface area contributed by atoms with Gasteiger partial charge in [-0.15, -0.1) is 0 Å². The number of aromatic nitrogens is 3. The average Bonchev–Trinajstić information content (AvgIpc) is 2.90. The Kier molecular flexibility index (Phi) is 4.45. The summed E-state index contributed by atoms with van der Waals surface area (Å²) in [5.74, 6) is 0.488. The largest absolute Gasteiger partial charge is 0.377 e. The van der Waals surface area contributed by atoms with Crippen LogP contribution >= 0.6 is 0 Å². The molecule has 7 nitrogen and oxygen atoms in total. The molecule has 7 heteroatoms. The van der Waals surface area contributed by atoms with Crippen LogP contribution in [0.2, 0.25) is 0 Å². The number of nitrogens with one attached hydrogen (secondary N) is 2. The van der Waals surface area contributed by atoms with E-state index in [-0.39, 0.29) is 5.56 Å². The van der Waals surface area contributed by atoms with E-state index in [4.69, 9.17) is 0 Å². The van der Waals surface area contributed by atoms with E-state index in [1.165, 1.54) is 12.3 Å². The van der Waals surface area contributed by atoms with Crippen molar-refractivity contribution in [2.24, 2.45) is 17.0 Å². The standard InChI is InChI=1S/C14H16N6O/c1-4-16-13(15-2)8-17-12-5-14(21)18-7-11(12)10-6-19-20(3)9-10/h4-7,9H,1-2,8H2,3H3,(H2,17,18,21). The molecule has 2 aromatic heterocycles. The van der Waals surface area contributed by atoms with Gasteiger partial charge in [-0.1, -0.05) is 6.58 Å². The van der Waals surface area contributed by atoms with Gasteiger partial charge < -0.3 is 10.3 Å². The monoisotopic (exact) mass is 284 g/mol. The predicted molar refractivity (Wildman–Crippen MR) is 84.9 cm³/mol. The summed E-state index contributed by atoms with van der Waals surface area (Å²) in [5.41, 5.74) is 2.21. The molecule has 2 heterocycles. The molecule has 0 spiro atoms. The van der Waals surface area contributed by atoms with Crippen LogP contribution in [0.15, 0.2) is 52.2 Å². The third-order valence-electron chi connectivity index (χ3n) is 2.80. The first-order chi connectivity index (χ1) is 10.1. The van der Waals surface area contributed by atoms with Crippen molar-refractivity contribution < 1.29 is 0 Å². The van der Waals surface area contributed by atoms with Crippen LogP contribution in [0.1, 0.15) is 0 Å². The van der Waals surface area contributed by atoms with Gasteiger partial charge in [0.15, 0.2) is 0 Å². The van der Waals surface area contributed by atoms with E-state index in [0.29, 0.717) is 18.1 Å². The van der Waals surface area contributed by atoms with Crippen LogP contribution in [0.3, 0.4) is 0 Å². The lowest BCUT2D eigenvalue weighted by Crippen LogP contribution is -2.14. The summed E-state index contributed by atoms with van der Waals surface area (Å²) in [7, 11) is 1.83. The highest BCUT2D eigenvalue weighted by atomic mass is 16.1. The minimum absolute atomic E-state index is 0.195. The fraction of sp³-hybridized carbons (Fsp3) is 0.143. The maximum atomic E-state index is 11.5. The molecule has 0 radical (unpaired) electrons. The zero-order valence-corrected chi connectivity index (χ0v) is 11.7. The molecule has 0 aliphatic rings. The molecular weight excluding hydrogens is 268 g/mol. The van der Waals surface area contributed by atoms with Crippen molar-refractivity contribution in [3.8, 4) is 11.1 Å². The van der Waals surface area contributed by atoms with E-state index in [0.717, 1.165) is 11.1 Å². The smallest absolute Gasteiger partial charge is 0.250 e. The number of aryl methyl sites for hydroxylation is 1. The topological polar surface area (TPSA) is 87.4 Å². The van der Waals surface area contributed by atoms with E-state index < -0.39 is 0 Å². The Hall–Kier alpha value is -2.96. The zero-order valence-electron chi connectivity index (χ0n) is 11.7. The SMILES string of the molecule is C=CN=C(CNc1cc(=O)[nH]cc1-c1cnn(C)c1)N=C. The van der Waals surface area contributed by atoms with Crippen molar-refractivity contribution in [2.75, 3.05) is 11.9 Å². The van der Waals surface area contributed by atoms with Gasteiger partial charge in [-0.3, -0.25) is 9.48 Å². The molecule has 21 heavy (non-hydrogen) atoms. The molecule has 2 rings (SSSR count). The van der Waals surface area contributed by atoms with E-state index in [9.17, 15) is 4.79 Å². The summed E-state index contributed by atoms with van der Waals surface area (Å²) < 4.78 is 1.69. The number of hydrogen-bond acceptors (Lipinski definition) is 4. The molecule has 0 saturated heterocycles. The number of amidine groups is 1. The number of rotatable bonds is 5. The van der Waals surface area contributed by atoms with E-state index in [1.54, 1.807) is 17.1 Å². The molecule has 0 bridgehead atoms. The van der Waals surface area contributed by atoms with Gasteiger partial charge >= 0.3 is 0 Å². The first-order valence-electron chi connectivity index (χ1n) is 6.24. The number of hydrogen-bond donors (Lipinski definition) is 2. The first-order valence-corrected chi connectivity index (χ1v) is 6.24. The Balaban J connectivity index is 2.32. The lowest BCUT2D eigenvalue weighted by Gasteiger charge is -2.09. The maximum Gasteiger partial charge on any atom is 0.250 e. The van der Waals surface area contributed by atoms with Crippen LogP contribution in [0, 0.1) is 0 Å². The predicted octanol–water partition coefficient (Wildman–Crippen LogP) is 1.43. The molecule has 0 unspecified atom stereocenters. The van der Waals surface area contributed by atoms with Crippen molar-refractivity contribution in [3.63, 3.8) is 0 Å². The van der Waals surface area contributed by atoms with E-state index in [1.807, 2.05) is 13.2 Å². The minimum Gasteiger partial charge on any atom is -0.377 e. The van der Waals surface area contributed by atoms with Gasteiger partial charge in [-0.05, 0) is 6.72 Å². The molecule has 2 aromatic rings. The van der Waals surface area contributed by atoms with E-state index >= 15 is 0 Å². The second-order valence-electron chi connectivity index (χ2n) is 4.27. The van der Waals surface area contributed by atoms with E-state index in [2.05, 4.69) is 38.7 Å². The molecule has 0 amide bonds. The lowest BCUT2D eigenvalue weighted by molar-refractivity contribution is 0.768. The number of anilines is 1. The van der Waals surface area contributed by atoms with Crippen molar-refractivity contribution in [1.82, 2.24) is 14.8 Å². The number of pyridine rings is 1. The summed E-state index contributed by atoms with van der Waals surface area (Å²) >= 11 is 0. The van der Waals surface area contributed by atoms with Crippen LogP contribution in [0.25, 0.3) is 11.1 Å². The second-order valence-corrected chi connectivity index (χ2v) is 4.27. The second kappa shape index (κ2) is 6.47. The highest BCUT2D eigenvalue weighted by Crippen LogP contribution is 2.25. The molecule has 2 N–H and O–H groups in total. The summed E-state index contributed by atoms with van der Waals surface area (Å²) in [6.45, 7) is 7.30. The molecule has 0 saturated carbocycles. The zero-order chi connectivity index (χ0) is 15.2. The van der Waals surface area contributed by atoms with Crippen LogP contribution < -0.4 is 10.9 Å². The Labute approximate surface area is 121 Å². The third kappa shape index (κ3) is 3.53. The summed E-state index contributed by atoms with van der Waals surface area (Å²) in [6, 6.07) is 1.48.